The van der Waals surface area contributed by atoms with Gasteiger partial charge in [0.25, 0.3) is 0 Å². The fraction of sp³-hybridized carbons (Fsp3) is 0.250. The van der Waals surface area contributed by atoms with E-state index >= 15 is 0 Å². The minimum atomic E-state index is -0.669. The first-order valence-electron chi connectivity index (χ1n) is 6.51. The van der Waals surface area contributed by atoms with E-state index in [0.29, 0.717) is 5.76 Å². The highest BCUT2D eigenvalue weighted by atomic mass is 79.9. The van der Waals surface area contributed by atoms with Crippen molar-refractivity contribution in [1.29, 1.82) is 0 Å². The third-order valence-corrected chi connectivity index (χ3v) is 3.83. The lowest BCUT2D eigenvalue weighted by Gasteiger charge is -2.08. The van der Waals surface area contributed by atoms with Gasteiger partial charge in [-0.15, -0.1) is 0 Å². The topological polar surface area (TPSA) is 56.5 Å². The number of benzene rings is 1. The Labute approximate surface area is 130 Å². The van der Waals surface area contributed by atoms with Crippen LogP contribution >= 0.6 is 15.9 Å². The minimum absolute atomic E-state index is 0.0967. The minimum Gasteiger partial charge on any atom is -0.463 e. The van der Waals surface area contributed by atoms with Gasteiger partial charge in [-0.3, -0.25) is 4.79 Å². The Morgan fingerprint density at radius 3 is 2.52 bits per heavy atom. The number of carbonyl (C=O) groups is 1. The molecule has 2 rings (SSSR count). The summed E-state index contributed by atoms with van der Waals surface area (Å²) in [7, 11) is 0. The molecule has 0 aliphatic rings. The molecule has 0 bridgehead atoms. The van der Waals surface area contributed by atoms with Crippen LogP contribution in [0.4, 0.5) is 0 Å². The summed E-state index contributed by atoms with van der Waals surface area (Å²) in [4.78, 5) is 23.6. The number of ether oxygens (including phenoxy) is 1. The average Bonchev–Trinajstić information content (AvgIpc) is 2.43. The smallest absolute Gasteiger partial charge is 0.345 e. The largest absolute Gasteiger partial charge is 0.463 e. The zero-order valence-electron chi connectivity index (χ0n) is 12.0. The van der Waals surface area contributed by atoms with Gasteiger partial charge in [-0.25, -0.2) is 4.79 Å². The molecule has 0 N–H and O–H groups in total. The highest BCUT2D eigenvalue weighted by Crippen LogP contribution is 2.30. The van der Waals surface area contributed by atoms with Gasteiger partial charge in [0, 0.05) is 16.1 Å². The molecule has 0 unspecified atom stereocenters. The molecule has 0 radical (unpaired) electrons. The first-order chi connectivity index (χ1) is 9.93. The summed E-state index contributed by atoms with van der Waals surface area (Å²) in [5.41, 5.74) is 2.48. The summed E-state index contributed by atoms with van der Waals surface area (Å²) < 4.78 is 11.1. The summed E-state index contributed by atoms with van der Waals surface area (Å²) >= 11 is 3.46. The van der Waals surface area contributed by atoms with Crippen molar-refractivity contribution in [1.82, 2.24) is 0 Å². The summed E-state index contributed by atoms with van der Waals surface area (Å²) in [5.74, 6) is -0.264. The molecule has 0 aliphatic carbocycles. The molecular weight excluding hydrogens is 336 g/mol. The second-order valence-corrected chi connectivity index (χ2v) is 5.51. The van der Waals surface area contributed by atoms with Crippen molar-refractivity contribution < 1.29 is 13.9 Å². The standard InChI is InChI=1S/C16H15BrO4/c1-4-20-16(19)12-8-21-15(7-14(12)18)11-5-9(2)10(3)6-13(11)17/h5-8H,4H2,1-3H3. The van der Waals surface area contributed by atoms with Crippen LogP contribution in [0.25, 0.3) is 11.3 Å². The molecule has 0 atom stereocenters. The highest BCUT2D eigenvalue weighted by molar-refractivity contribution is 9.10. The molecule has 4 nitrogen and oxygen atoms in total. The van der Waals surface area contributed by atoms with Gasteiger partial charge in [0.15, 0.2) is 5.43 Å². The average molecular weight is 351 g/mol. The van der Waals surface area contributed by atoms with Gasteiger partial charge in [-0.2, -0.15) is 0 Å². The Kier molecular flexibility index (Phi) is 4.63. The molecule has 0 spiro atoms. The van der Waals surface area contributed by atoms with Crippen LogP contribution in [0.5, 0.6) is 0 Å². The Balaban J connectivity index is 2.48. The zero-order valence-corrected chi connectivity index (χ0v) is 13.6. The Bertz CT molecular complexity index is 746. The van der Waals surface area contributed by atoms with Crippen molar-refractivity contribution in [2.45, 2.75) is 20.8 Å². The van der Waals surface area contributed by atoms with Crippen molar-refractivity contribution in [3.8, 4) is 11.3 Å². The Morgan fingerprint density at radius 2 is 1.90 bits per heavy atom. The molecule has 0 saturated carbocycles. The second kappa shape index (κ2) is 6.26. The van der Waals surface area contributed by atoms with Gasteiger partial charge >= 0.3 is 5.97 Å². The molecule has 0 fully saturated rings. The van der Waals surface area contributed by atoms with Crippen molar-refractivity contribution in [3.05, 3.63) is 55.8 Å². The first-order valence-corrected chi connectivity index (χ1v) is 7.30. The van der Waals surface area contributed by atoms with Gasteiger partial charge in [0.2, 0.25) is 0 Å². The fourth-order valence-electron chi connectivity index (χ4n) is 1.88. The number of carbonyl (C=O) groups excluding carboxylic acids is 1. The number of rotatable bonds is 3. The molecule has 1 aromatic carbocycles. The Morgan fingerprint density at radius 1 is 1.24 bits per heavy atom. The lowest BCUT2D eigenvalue weighted by molar-refractivity contribution is 0.0522. The van der Waals surface area contributed by atoms with Crippen LogP contribution in [-0.2, 0) is 4.74 Å². The summed E-state index contributed by atoms with van der Waals surface area (Å²) in [6.45, 7) is 5.88. The second-order valence-electron chi connectivity index (χ2n) is 4.66. The van der Waals surface area contributed by atoms with E-state index in [1.807, 2.05) is 26.0 Å². The fourth-order valence-corrected chi connectivity index (χ4v) is 2.53. The van der Waals surface area contributed by atoms with E-state index in [0.717, 1.165) is 27.4 Å². The summed E-state index contributed by atoms with van der Waals surface area (Å²) in [6, 6.07) is 5.20. The predicted molar refractivity (Wildman–Crippen MR) is 83.5 cm³/mol. The molecular formula is C16H15BrO4. The van der Waals surface area contributed by atoms with Crippen LogP contribution < -0.4 is 5.43 Å². The van der Waals surface area contributed by atoms with Crippen LogP contribution in [0, 0.1) is 13.8 Å². The highest BCUT2D eigenvalue weighted by Gasteiger charge is 2.15. The zero-order chi connectivity index (χ0) is 15.6. The van der Waals surface area contributed by atoms with E-state index in [9.17, 15) is 9.59 Å². The predicted octanol–water partition coefficient (Wildman–Crippen LogP) is 3.86. The number of halogens is 1. The van der Waals surface area contributed by atoms with Crippen LogP contribution in [0.1, 0.15) is 28.4 Å². The molecule has 0 aliphatic heterocycles. The van der Waals surface area contributed by atoms with Crippen LogP contribution in [0.3, 0.4) is 0 Å². The van der Waals surface area contributed by atoms with Gasteiger partial charge in [-0.05, 0) is 44.0 Å². The van der Waals surface area contributed by atoms with Crippen LogP contribution in [0.2, 0.25) is 0 Å². The van der Waals surface area contributed by atoms with Gasteiger partial charge in [-0.1, -0.05) is 15.9 Å². The van der Waals surface area contributed by atoms with Gasteiger partial charge < -0.3 is 9.15 Å². The van der Waals surface area contributed by atoms with E-state index in [-0.39, 0.29) is 12.2 Å². The number of aryl methyl sites for hydroxylation is 2. The molecule has 21 heavy (non-hydrogen) atoms. The molecule has 1 aromatic heterocycles. The van der Waals surface area contributed by atoms with Crippen molar-refractivity contribution >= 4 is 21.9 Å². The summed E-state index contributed by atoms with van der Waals surface area (Å²) in [6.07, 6.45) is 1.15. The van der Waals surface area contributed by atoms with E-state index in [1.165, 1.54) is 6.07 Å². The number of hydrogen-bond donors (Lipinski definition) is 0. The normalized spacial score (nSPS) is 10.5. The number of hydrogen-bond acceptors (Lipinski definition) is 4. The van der Waals surface area contributed by atoms with Crippen molar-refractivity contribution in [2.75, 3.05) is 6.61 Å². The monoisotopic (exact) mass is 350 g/mol. The third-order valence-electron chi connectivity index (χ3n) is 3.18. The van der Waals surface area contributed by atoms with Crippen molar-refractivity contribution in [2.24, 2.45) is 0 Å². The van der Waals surface area contributed by atoms with Crippen LogP contribution in [0.15, 0.2) is 38.1 Å². The first kappa shape index (κ1) is 15.5. The molecule has 110 valence electrons. The van der Waals surface area contributed by atoms with Gasteiger partial charge in [0.05, 0.1) is 6.61 Å². The van der Waals surface area contributed by atoms with E-state index in [1.54, 1.807) is 6.92 Å². The summed E-state index contributed by atoms with van der Waals surface area (Å²) in [5, 5.41) is 0. The number of esters is 1. The molecule has 5 heteroatoms. The van der Waals surface area contributed by atoms with Crippen LogP contribution in [-0.4, -0.2) is 12.6 Å². The lowest BCUT2D eigenvalue weighted by Crippen LogP contribution is -2.16. The maximum absolute atomic E-state index is 12.0. The molecule has 0 amide bonds. The molecule has 1 heterocycles. The quantitative estimate of drug-likeness (QED) is 0.788. The van der Waals surface area contributed by atoms with E-state index < -0.39 is 11.4 Å². The van der Waals surface area contributed by atoms with Gasteiger partial charge in [0.1, 0.15) is 17.6 Å². The van der Waals surface area contributed by atoms with Crippen molar-refractivity contribution in [3.63, 3.8) is 0 Å². The lowest BCUT2D eigenvalue weighted by atomic mass is 10.0. The Hall–Kier alpha value is -1.88. The van der Waals surface area contributed by atoms with E-state index in [4.69, 9.17) is 9.15 Å². The maximum Gasteiger partial charge on any atom is 0.345 e. The molecule has 2 aromatic rings. The SMILES string of the molecule is CCOC(=O)c1coc(-c2cc(C)c(C)cc2Br)cc1=O. The molecule has 0 saturated heterocycles. The maximum atomic E-state index is 12.0. The third kappa shape index (κ3) is 3.24. The van der Waals surface area contributed by atoms with E-state index in [2.05, 4.69) is 15.9 Å².